The summed E-state index contributed by atoms with van der Waals surface area (Å²) in [4.78, 5) is 12.4. The van der Waals surface area contributed by atoms with E-state index >= 15 is 0 Å². The van der Waals surface area contributed by atoms with Crippen LogP contribution in [0.15, 0.2) is 42.5 Å². The van der Waals surface area contributed by atoms with E-state index in [1.807, 2.05) is 18.2 Å². The molecule has 0 heterocycles. The van der Waals surface area contributed by atoms with Gasteiger partial charge >= 0.3 is 6.03 Å². The monoisotopic (exact) mass is 403 g/mol. The minimum Gasteiger partial charge on any atom is -0.334 e. The summed E-state index contributed by atoms with van der Waals surface area (Å²) in [5, 5.41) is 5.73. The van der Waals surface area contributed by atoms with Crippen LogP contribution in [0.1, 0.15) is 56.2 Å². The van der Waals surface area contributed by atoms with Gasteiger partial charge in [0.2, 0.25) is 10.0 Å². The minimum atomic E-state index is -3.34. The number of amides is 2. The van der Waals surface area contributed by atoms with Crippen LogP contribution in [0.5, 0.6) is 0 Å². The van der Waals surface area contributed by atoms with E-state index in [0.29, 0.717) is 11.6 Å². The Kier molecular flexibility index (Phi) is 7.07. The Hall–Kier alpha value is -2.54. The molecular formula is C21H29N3O3S. The van der Waals surface area contributed by atoms with E-state index in [9.17, 15) is 13.2 Å². The van der Waals surface area contributed by atoms with Crippen molar-refractivity contribution in [2.75, 3.05) is 16.3 Å². The third-order valence-electron chi connectivity index (χ3n) is 4.30. The van der Waals surface area contributed by atoms with Crippen molar-refractivity contribution >= 4 is 27.4 Å². The predicted molar refractivity (Wildman–Crippen MR) is 115 cm³/mol. The van der Waals surface area contributed by atoms with E-state index in [0.717, 1.165) is 23.1 Å². The zero-order valence-corrected chi connectivity index (χ0v) is 17.9. The molecule has 0 aliphatic heterocycles. The maximum Gasteiger partial charge on any atom is 0.319 e. The second kappa shape index (κ2) is 9.10. The highest BCUT2D eigenvalue weighted by atomic mass is 32.2. The molecule has 0 unspecified atom stereocenters. The van der Waals surface area contributed by atoms with Crippen LogP contribution in [0.2, 0.25) is 0 Å². The maximum absolute atomic E-state index is 12.4. The van der Waals surface area contributed by atoms with E-state index in [4.69, 9.17) is 0 Å². The lowest BCUT2D eigenvalue weighted by molar-refractivity contribution is 0.251. The fourth-order valence-electron chi connectivity index (χ4n) is 2.84. The predicted octanol–water partition coefficient (Wildman–Crippen LogP) is 4.63. The van der Waals surface area contributed by atoms with Crippen molar-refractivity contribution in [1.29, 1.82) is 0 Å². The molecular weight excluding hydrogens is 374 g/mol. The van der Waals surface area contributed by atoms with Gasteiger partial charge < -0.3 is 10.6 Å². The second-order valence-corrected chi connectivity index (χ2v) is 9.29. The van der Waals surface area contributed by atoms with Crippen molar-refractivity contribution in [3.05, 3.63) is 59.2 Å². The van der Waals surface area contributed by atoms with E-state index in [-0.39, 0.29) is 18.5 Å². The van der Waals surface area contributed by atoms with Crippen LogP contribution in [0.25, 0.3) is 0 Å². The van der Waals surface area contributed by atoms with E-state index in [1.165, 1.54) is 5.56 Å². The molecule has 0 spiro atoms. The van der Waals surface area contributed by atoms with Gasteiger partial charge in [-0.25, -0.2) is 13.2 Å². The van der Waals surface area contributed by atoms with Crippen molar-refractivity contribution in [3.63, 3.8) is 0 Å². The smallest absolute Gasteiger partial charge is 0.319 e. The molecule has 7 heteroatoms. The Morgan fingerprint density at radius 3 is 2.32 bits per heavy atom. The molecule has 2 amide bonds. The van der Waals surface area contributed by atoms with Gasteiger partial charge in [0.15, 0.2) is 0 Å². The molecule has 0 fully saturated rings. The Morgan fingerprint density at radius 1 is 1.00 bits per heavy atom. The third-order valence-corrected chi connectivity index (χ3v) is 4.90. The summed E-state index contributed by atoms with van der Waals surface area (Å²) in [7, 11) is -3.34. The van der Waals surface area contributed by atoms with Crippen LogP contribution in [0.3, 0.4) is 0 Å². The minimum absolute atomic E-state index is 0.284. The molecule has 0 saturated heterocycles. The highest BCUT2D eigenvalue weighted by Gasteiger charge is 2.12. The van der Waals surface area contributed by atoms with E-state index in [2.05, 4.69) is 49.1 Å². The Morgan fingerprint density at radius 2 is 1.71 bits per heavy atom. The van der Waals surface area contributed by atoms with Crippen molar-refractivity contribution < 1.29 is 13.2 Å². The van der Waals surface area contributed by atoms with Crippen molar-refractivity contribution in [3.8, 4) is 0 Å². The van der Waals surface area contributed by atoms with Crippen LogP contribution in [-0.2, 0) is 16.6 Å². The molecule has 6 nitrogen and oxygen atoms in total. The number of benzene rings is 2. The van der Waals surface area contributed by atoms with E-state index in [1.54, 1.807) is 18.2 Å². The van der Waals surface area contributed by atoms with Gasteiger partial charge in [-0.05, 0) is 46.7 Å². The normalized spacial score (nSPS) is 11.5. The van der Waals surface area contributed by atoms with Crippen LogP contribution < -0.4 is 15.4 Å². The molecule has 2 aromatic carbocycles. The number of carbonyl (C=O) groups is 1. The van der Waals surface area contributed by atoms with Crippen molar-refractivity contribution in [2.24, 2.45) is 0 Å². The van der Waals surface area contributed by atoms with Gasteiger partial charge in [0, 0.05) is 17.9 Å². The Balaban J connectivity index is 2.04. The van der Waals surface area contributed by atoms with Gasteiger partial charge in [-0.2, -0.15) is 0 Å². The third kappa shape index (κ3) is 6.56. The summed E-state index contributed by atoms with van der Waals surface area (Å²) in [6.07, 6.45) is 1.10. The summed E-state index contributed by atoms with van der Waals surface area (Å²) in [5.74, 6) is 0.709. The van der Waals surface area contributed by atoms with Gasteiger partial charge in [-0.3, -0.25) is 4.72 Å². The first-order chi connectivity index (χ1) is 13.0. The standard InChI is InChI=1S/C21H29N3O3S/c1-14(2)17-9-10-20(19(12-17)15(3)4)23-21(25)22-13-16-7-6-8-18(11-16)24-28(5,26)27/h6-12,14-15,24H,13H2,1-5H3,(H2,22,23,25). The summed E-state index contributed by atoms with van der Waals surface area (Å²) >= 11 is 0. The van der Waals surface area contributed by atoms with Crippen molar-refractivity contribution in [2.45, 2.75) is 46.1 Å². The first-order valence-corrected chi connectivity index (χ1v) is 11.2. The average molecular weight is 404 g/mol. The molecule has 0 bridgehead atoms. The first kappa shape index (κ1) is 21.8. The van der Waals surface area contributed by atoms with E-state index < -0.39 is 10.0 Å². The lowest BCUT2D eigenvalue weighted by Gasteiger charge is -2.17. The SMILES string of the molecule is CC(C)c1ccc(NC(=O)NCc2cccc(NS(C)(=O)=O)c2)c(C(C)C)c1. The average Bonchev–Trinajstić information content (AvgIpc) is 2.58. The van der Waals surface area contributed by atoms with Gasteiger partial charge in [0.1, 0.15) is 0 Å². The second-order valence-electron chi connectivity index (χ2n) is 7.54. The molecule has 3 N–H and O–H groups in total. The van der Waals surface area contributed by atoms with Gasteiger partial charge in [-0.1, -0.05) is 52.0 Å². The quantitative estimate of drug-likeness (QED) is 0.630. The molecule has 28 heavy (non-hydrogen) atoms. The highest BCUT2D eigenvalue weighted by molar-refractivity contribution is 7.92. The molecule has 0 atom stereocenters. The fraction of sp³-hybridized carbons (Fsp3) is 0.381. The van der Waals surface area contributed by atoms with Crippen LogP contribution >= 0.6 is 0 Å². The number of carbonyl (C=O) groups excluding carboxylic acids is 1. The zero-order chi connectivity index (χ0) is 20.9. The van der Waals surface area contributed by atoms with Crippen LogP contribution in [0, 0.1) is 0 Å². The summed E-state index contributed by atoms with van der Waals surface area (Å²) < 4.78 is 25.1. The zero-order valence-electron chi connectivity index (χ0n) is 17.0. The number of sulfonamides is 1. The van der Waals surface area contributed by atoms with Gasteiger partial charge in [0.25, 0.3) is 0 Å². The largest absolute Gasteiger partial charge is 0.334 e. The molecule has 2 rings (SSSR count). The van der Waals surface area contributed by atoms with Crippen molar-refractivity contribution in [1.82, 2.24) is 5.32 Å². The molecule has 0 radical (unpaired) electrons. The van der Waals surface area contributed by atoms with Crippen LogP contribution in [0.4, 0.5) is 16.2 Å². The molecule has 0 aliphatic rings. The van der Waals surface area contributed by atoms with Gasteiger partial charge in [-0.15, -0.1) is 0 Å². The highest BCUT2D eigenvalue weighted by Crippen LogP contribution is 2.28. The molecule has 152 valence electrons. The maximum atomic E-state index is 12.4. The molecule has 0 aromatic heterocycles. The first-order valence-electron chi connectivity index (χ1n) is 9.30. The molecule has 0 saturated carbocycles. The topological polar surface area (TPSA) is 87.3 Å². The number of nitrogens with one attached hydrogen (secondary N) is 3. The van der Waals surface area contributed by atoms with Crippen LogP contribution in [-0.4, -0.2) is 20.7 Å². The Labute approximate surface area is 167 Å². The number of rotatable bonds is 7. The summed E-state index contributed by atoms with van der Waals surface area (Å²) in [6, 6.07) is 12.7. The lowest BCUT2D eigenvalue weighted by atomic mass is 9.94. The number of hydrogen-bond donors (Lipinski definition) is 3. The van der Waals surface area contributed by atoms with Gasteiger partial charge in [0.05, 0.1) is 6.26 Å². The molecule has 2 aromatic rings. The lowest BCUT2D eigenvalue weighted by Crippen LogP contribution is -2.28. The summed E-state index contributed by atoms with van der Waals surface area (Å²) in [5.41, 5.74) is 4.39. The molecule has 0 aliphatic carbocycles. The summed E-state index contributed by atoms with van der Waals surface area (Å²) in [6.45, 7) is 8.77. The fourth-order valence-corrected chi connectivity index (χ4v) is 3.39. The number of anilines is 2. The Bertz CT molecular complexity index is 938. The number of hydrogen-bond acceptors (Lipinski definition) is 3. The number of urea groups is 1.